The van der Waals surface area contributed by atoms with E-state index in [0.717, 1.165) is 5.32 Å². The van der Waals surface area contributed by atoms with Crippen molar-refractivity contribution in [2.75, 3.05) is 7.11 Å². The minimum absolute atomic E-state index is 0.0323. The first-order valence-corrected chi connectivity index (χ1v) is 9.24. The van der Waals surface area contributed by atoms with Crippen LogP contribution in [0.5, 0.6) is 5.88 Å². The van der Waals surface area contributed by atoms with Gasteiger partial charge >= 0.3 is 0 Å². The molecule has 0 unspecified atom stereocenters. The molecule has 0 spiro atoms. The molecule has 6 heteroatoms. The van der Waals surface area contributed by atoms with Crippen molar-refractivity contribution in [3.63, 3.8) is 0 Å². The highest BCUT2D eigenvalue weighted by molar-refractivity contribution is 14.1. The lowest BCUT2D eigenvalue weighted by Gasteiger charge is -2.19. The lowest BCUT2D eigenvalue weighted by Crippen LogP contribution is -2.43. The molecule has 0 aliphatic carbocycles. The lowest BCUT2D eigenvalue weighted by atomic mass is 10.3. The third-order valence-corrected chi connectivity index (χ3v) is 5.41. The summed E-state index contributed by atoms with van der Waals surface area (Å²) in [4.78, 5) is 4.18. The van der Waals surface area contributed by atoms with Crippen molar-refractivity contribution < 1.29 is 9.13 Å². The van der Waals surface area contributed by atoms with Crippen LogP contribution in [0.2, 0.25) is 19.6 Å². The number of aromatic nitrogens is 1. The Bertz CT molecular complexity index is 465. The lowest BCUT2D eigenvalue weighted by molar-refractivity contribution is 0.369. The van der Waals surface area contributed by atoms with Crippen molar-refractivity contribution in [1.82, 2.24) is 4.98 Å². The molecule has 1 aromatic heterocycles. The first kappa shape index (κ1) is 13.4. The summed E-state index contributed by atoms with van der Waals surface area (Å²) in [7, 11) is -0.358. The molecule has 86 valence electrons. The maximum atomic E-state index is 13.7. The second-order valence-electron chi connectivity index (χ2n) is 4.33. The van der Waals surface area contributed by atoms with E-state index in [2.05, 4.69) is 24.6 Å². The van der Waals surface area contributed by atoms with Crippen molar-refractivity contribution in [3.05, 3.63) is 15.0 Å². The summed E-state index contributed by atoms with van der Waals surface area (Å²) >= 11 is 1.98. The summed E-state index contributed by atoms with van der Waals surface area (Å²) in [6, 6.07) is 1.87. The Balaban J connectivity index is 3.61. The fraction of sp³-hybridized carbons (Fsp3) is 0.400. The molecule has 0 fully saturated rings. The van der Waals surface area contributed by atoms with Crippen LogP contribution >= 0.6 is 22.6 Å². The summed E-state index contributed by atoms with van der Waals surface area (Å²) in [5.74, 6) is -0.759. The molecule has 0 amide bonds. The van der Waals surface area contributed by atoms with Crippen molar-refractivity contribution in [2.45, 2.75) is 19.6 Å². The Morgan fingerprint density at radius 2 is 2.00 bits per heavy atom. The predicted molar refractivity (Wildman–Crippen MR) is 71.2 cm³/mol. The number of rotatable bonds is 2. The largest absolute Gasteiger partial charge is 0.479 e. The zero-order valence-electron chi connectivity index (χ0n) is 9.56. The number of nitriles is 1. The molecule has 1 aromatic rings. The normalized spacial score (nSPS) is 11.1. The van der Waals surface area contributed by atoms with E-state index < -0.39 is 13.9 Å². The van der Waals surface area contributed by atoms with E-state index in [1.165, 1.54) is 7.11 Å². The van der Waals surface area contributed by atoms with Crippen LogP contribution in [0, 0.1) is 20.7 Å². The van der Waals surface area contributed by atoms with Crippen molar-refractivity contribution in [1.29, 1.82) is 5.26 Å². The average Bonchev–Trinajstić information content (AvgIpc) is 2.17. The Morgan fingerprint density at radius 3 is 2.38 bits per heavy atom. The first-order valence-electron chi connectivity index (χ1n) is 4.66. The van der Waals surface area contributed by atoms with Gasteiger partial charge < -0.3 is 4.74 Å². The molecule has 1 heterocycles. The van der Waals surface area contributed by atoms with Gasteiger partial charge in [-0.3, -0.25) is 0 Å². The number of ether oxygens (including phenoxy) is 1. The summed E-state index contributed by atoms with van der Waals surface area (Å²) < 4.78 is 19.2. The van der Waals surface area contributed by atoms with E-state index in [4.69, 9.17) is 10.00 Å². The molecular weight excluding hydrogens is 338 g/mol. The van der Waals surface area contributed by atoms with Gasteiger partial charge in [0, 0.05) is 5.32 Å². The third-order valence-electron chi connectivity index (χ3n) is 2.06. The van der Waals surface area contributed by atoms with Crippen molar-refractivity contribution in [2.24, 2.45) is 0 Å². The van der Waals surface area contributed by atoms with Gasteiger partial charge in [-0.1, -0.05) is 19.6 Å². The number of hydrogen-bond acceptors (Lipinski definition) is 3. The first-order chi connectivity index (χ1) is 7.32. The van der Waals surface area contributed by atoms with Gasteiger partial charge in [0.05, 0.1) is 10.7 Å². The van der Waals surface area contributed by atoms with Crippen LogP contribution in [0.15, 0.2) is 0 Å². The molecule has 0 saturated carbocycles. The Kier molecular flexibility index (Phi) is 3.91. The van der Waals surface area contributed by atoms with Crippen LogP contribution in [0.4, 0.5) is 4.39 Å². The average molecular weight is 350 g/mol. The number of hydrogen-bond donors (Lipinski definition) is 0. The maximum Gasteiger partial charge on any atom is 0.251 e. The van der Waals surface area contributed by atoms with Crippen molar-refractivity contribution >= 4 is 36.0 Å². The van der Waals surface area contributed by atoms with E-state index in [0.29, 0.717) is 3.57 Å². The Hall–Kier alpha value is -0.683. The molecule has 0 bridgehead atoms. The van der Waals surface area contributed by atoms with Gasteiger partial charge in [0.15, 0.2) is 0 Å². The van der Waals surface area contributed by atoms with E-state index in [9.17, 15) is 4.39 Å². The SMILES string of the molecule is COc1nc([Si](C)(C)C)c(I)c(C#N)c1F. The molecule has 0 atom stereocenters. The molecule has 0 aliphatic rings. The van der Waals surface area contributed by atoms with Crippen LogP contribution in [0.25, 0.3) is 0 Å². The van der Waals surface area contributed by atoms with Gasteiger partial charge in [0.2, 0.25) is 5.82 Å². The zero-order chi connectivity index (χ0) is 12.5. The molecule has 16 heavy (non-hydrogen) atoms. The molecule has 0 radical (unpaired) electrons. The molecule has 0 N–H and O–H groups in total. The van der Waals surface area contributed by atoms with Crippen LogP contribution in [-0.2, 0) is 0 Å². The van der Waals surface area contributed by atoms with Crippen LogP contribution in [0.3, 0.4) is 0 Å². The fourth-order valence-corrected chi connectivity index (χ4v) is 5.38. The van der Waals surface area contributed by atoms with E-state index in [1.54, 1.807) is 0 Å². The van der Waals surface area contributed by atoms with Gasteiger partial charge in [0.25, 0.3) is 5.88 Å². The van der Waals surface area contributed by atoms with Crippen LogP contribution in [0.1, 0.15) is 5.56 Å². The summed E-state index contributed by atoms with van der Waals surface area (Å²) in [6.07, 6.45) is 0. The maximum absolute atomic E-state index is 13.7. The molecule has 3 nitrogen and oxygen atoms in total. The smallest absolute Gasteiger partial charge is 0.251 e. The fourth-order valence-electron chi connectivity index (χ4n) is 1.25. The van der Waals surface area contributed by atoms with E-state index >= 15 is 0 Å². The van der Waals surface area contributed by atoms with Gasteiger partial charge in [0.1, 0.15) is 19.7 Å². The quantitative estimate of drug-likeness (QED) is 0.607. The van der Waals surface area contributed by atoms with E-state index in [-0.39, 0.29) is 11.4 Å². The molecule has 0 saturated heterocycles. The van der Waals surface area contributed by atoms with Crippen LogP contribution in [-0.4, -0.2) is 20.2 Å². The minimum atomic E-state index is -1.71. The number of nitrogens with zero attached hydrogens (tertiary/aromatic N) is 2. The van der Waals surface area contributed by atoms with E-state index in [1.807, 2.05) is 28.7 Å². The van der Waals surface area contributed by atoms with Crippen LogP contribution < -0.4 is 10.1 Å². The number of pyridine rings is 1. The second-order valence-corrected chi connectivity index (χ2v) is 10.4. The monoisotopic (exact) mass is 350 g/mol. The number of halogens is 2. The minimum Gasteiger partial charge on any atom is -0.479 e. The van der Waals surface area contributed by atoms with Crippen molar-refractivity contribution in [3.8, 4) is 11.9 Å². The highest BCUT2D eigenvalue weighted by atomic mass is 127. The van der Waals surface area contributed by atoms with Gasteiger partial charge in [-0.2, -0.15) is 9.65 Å². The molecule has 1 rings (SSSR count). The topological polar surface area (TPSA) is 45.9 Å². The summed E-state index contributed by atoms with van der Waals surface area (Å²) in [5.41, 5.74) is 0.0323. The standard InChI is InChI=1S/C10H12FIN2OSi/c1-15-9-7(11)6(5-13)8(12)10(14-9)16(2,3)4/h1-4H3. The zero-order valence-corrected chi connectivity index (χ0v) is 12.7. The molecular formula is C10H12FIN2OSi. The highest BCUT2D eigenvalue weighted by Crippen LogP contribution is 2.22. The van der Waals surface area contributed by atoms with Gasteiger partial charge in [-0.25, -0.2) is 4.98 Å². The number of methoxy groups -OCH3 is 1. The molecule has 0 aromatic carbocycles. The Labute approximate surface area is 109 Å². The molecule has 0 aliphatic heterocycles. The third kappa shape index (κ3) is 2.35. The van der Waals surface area contributed by atoms with Gasteiger partial charge in [-0.15, -0.1) is 0 Å². The van der Waals surface area contributed by atoms with Gasteiger partial charge in [-0.05, 0) is 22.6 Å². The Morgan fingerprint density at radius 1 is 1.44 bits per heavy atom. The second kappa shape index (κ2) is 4.67. The predicted octanol–water partition coefficient (Wildman–Crippen LogP) is 2.25. The summed E-state index contributed by atoms with van der Waals surface area (Å²) in [5, 5.41) is 9.75. The summed E-state index contributed by atoms with van der Waals surface area (Å²) in [6.45, 7) is 6.28. The highest BCUT2D eigenvalue weighted by Gasteiger charge is 2.27.